The maximum atomic E-state index is 12.1. The molecule has 7 heteroatoms. The normalized spacial score (nSPS) is 13.0. The first-order valence-electron chi connectivity index (χ1n) is 7.34. The van der Waals surface area contributed by atoms with E-state index in [0.29, 0.717) is 10.8 Å². The van der Waals surface area contributed by atoms with Crippen LogP contribution in [0.3, 0.4) is 0 Å². The summed E-state index contributed by atoms with van der Waals surface area (Å²) in [5, 5.41) is 17.5. The third-order valence-electron chi connectivity index (χ3n) is 3.50. The Hall–Kier alpha value is -1.92. The van der Waals surface area contributed by atoms with Gasteiger partial charge in [-0.15, -0.1) is 5.10 Å². The molecule has 1 unspecified atom stereocenters. The molecule has 0 saturated heterocycles. The lowest BCUT2D eigenvalue weighted by Crippen LogP contribution is -2.39. The van der Waals surface area contributed by atoms with E-state index in [9.17, 15) is 9.90 Å². The number of benzene rings is 1. The predicted octanol–water partition coefficient (Wildman–Crippen LogP) is 2.37. The molecule has 0 radical (unpaired) electrons. The number of carbonyl (C=O) groups is 1. The van der Waals surface area contributed by atoms with Crippen LogP contribution in [0.4, 0.5) is 0 Å². The minimum absolute atomic E-state index is 0.0681. The fourth-order valence-electron chi connectivity index (χ4n) is 1.89. The molecule has 2 rings (SSSR count). The van der Waals surface area contributed by atoms with Gasteiger partial charge in [-0.25, -0.2) is 9.67 Å². The number of halogens is 1. The van der Waals surface area contributed by atoms with E-state index in [2.05, 4.69) is 15.4 Å². The number of hydrogen-bond acceptors (Lipinski definition) is 4. The third kappa shape index (κ3) is 4.30. The van der Waals surface area contributed by atoms with E-state index < -0.39 is 12.0 Å². The van der Waals surface area contributed by atoms with Gasteiger partial charge in [-0.1, -0.05) is 32.4 Å². The van der Waals surface area contributed by atoms with Crippen LogP contribution >= 0.6 is 11.6 Å². The summed E-state index contributed by atoms with van der Waals surface area (Å²) < 4.78 is 1.57. The smallest absolute Gasteiger partial charge is 0.291 e. The van der Waals surface area contributed by atoms with Gasteiger partial charge in [0.25, 0.3) is 5.91 Å². The number of hydrogen-bond donors (Lipinski definition) is 2. The van der Waals surface area contributed by atoms with E-state index >= 15 is 0 Å². The average Bonchev–Trinajstić information content (AvgIpc) is 2.86. The van der Waals surface area contributed by atoms with Crippen LogP contribution in [0, 0.1) is 12.3 Å². The van der Waals surface area contributed by atoms with Crippen LogP contribution in [0.25, 0.3) is 5.69 Å². The average molecular weight is 337 g/mol. The highest BCUT2D eigenvalue weighted by atomic mass is 35.5. The lowest BCUT2D eigenvalue weighted by molar-refractivity contribution is 0.0584. The Morgan fingerprint density at radius 2 is 1.96 bits per heavy atom. The number of aliphatic hydroxyl groups excluding tert-OH is 1. The Morgan fingerprint density at radius 1 is 1.35 bits per heavy atom. The second kappa shape index (κ2) is 6.68. The SMILES string of the molecule is Cc1nc(C(=O)NCC(O)C(C)(C)C)nn1-c1ccc(Cl)cc1. The van der Waals surface area contributed by atoms with Crippen LogP contribution in [-0.2, 0) is 0 Å². The molecule has 0 fully saturated rings. The Balaban J connectivity index is 2.11. The zero-order valence-corrected chi connectivity index (χ0v) is 14.4. The molecule has 23 heavy (non-hydrogen) atoms. The number of carbonyl (C=O) groups excluding carboxylic acids is 1. The molecule has 1 aromatic carbocycles. The van der Waals surface area contributed by atoms with E-state index in [4.69, 9.17) is 11.6 Å². The maximum Gasteiger partial charge on any atom is 0.291 e. The van der Waals surface area contributed by atoms with Gasteiger partial charge in [-0.2, -0.15) is 0 Å². The van der Waals surface area contributed by atoms with Crippen LogP contribution < -0.4 is 5.32 Å². The lowest BCUT2D eigenvalue weighted by Gasteiger charge is -2.25. The molecule has 1 aromatic heterocycles. The molecular formula is C16H21ClN4O2. The summed E-state index contributed by atoms with van der Waals surface area (Å²) in [4.78, 5) is 16.3. The molecule has 6 nitrogen and oxygen atoms in total. The molecule has 0 spiro atoms. The van der Waals surface area contributed by atoms with Crippen LogP contribution in [-0.4, -0.2) is 38.4 Å². The van der Waals surface area contributed by atoms with E-state index in [1.165, 1.54) is 0 Å². The highest BCUT2D eigenvalue weighted by molar-refractivity contribution is 6.30. The molecular weight excluding hydrogens is 316 g/mol. The van der Waals surface area contributed by atoms with Crippen LogP contribution in [0.5, 0.6) is 0 Å². The summed E-state index contributed by atoms with van der Waals surface area (Å²) in [6, 6.07) is 7.10. The molecule has 0 aliphatic carbocycles. The fourth-order valence-corrected chi connectivity index (χ4v) is 2.01. The first kappa shape index (κ1) is 17.4. The quantitative estimate of drug-likeness (QED) is 0.898. The molecule has 1 amide bonds. The van der Waals surface area contributed by atoms with Gasteiger partial charge < -0.3 is 10.4 Å². The van der Waals surface area contributed by atoms with E-state index in [1.54, 1.807) is 35.9 Å². The number of nitrogens with one attached hydrogen (secondary N) is 1. The van der Waals surface area contributed by atoms with Crippen molar-refractivity contribution in [3.8, 4) is 5.69 Å². The number of aryl methyl sites for hydroxylation is 1. The predicted molar refractivity (Wildman–Crippen MR) is 88.9 cm³/mol. The molecule has 0 aliphatic heterocycles. The van der Waals surface area contributed by atoms with Gasteiger partial charge in [-0.3, -0.25) is 4.79 Å². The number of aliphatic hydroxyl groups is 1. The molecule has 0 aliphatic rings. The van der Waals surface area contributed by atoms with Crippen molar-refractivity contribution in [2.24, 2.45) is 5.41 Å². The fraction of sp³-hybridized carbons (Fsp3) is 0.438. The van der Waals surface area contributed by atoms with Crippen molar-refractivity contribution in [3.63, 3.8) is 0 Å². The second-order valence-electron chi connectivity index (χ2n) is 6.46. The number of nitrogens with zero attached hydrogens (tertiary/aromatic N) is 3. The van der Waals surface area contributed by atoms with E-state index in [1.807, 2.05) is 20.8 Å². The zero-order chi connectivity index (χ0) is 17.2. The highest BCUT2D eigenvalue weighted by Crippen LogP contribution is 2.18. The van der Waals surface area contributed by atoms with E-state index in [0.717, 1.165) is 5.69 Å². The topological polar surface area (TPSA) is 80.0 Å². The van der Waals surface area contributed by atoms with Crippen LogP contribution in [0.1, 0.15) is 37.2 Å². The van der Waals surface area contributed by atoms with Gasteiger partial charge in [0, 0.05) is 11.6 Å². The minimum atomic E-state index is -0.647. The molecule has 1 heterocycles. The van der Waals surface area contributed by atoms with Gasteiger partial charge in [0.05, 0.1) is 11.8 Å². The molecule has 2 aromatic rings. The van der Waals surface area contributed by atoms with Crippen molar-refractivity contribution in [3.05, 3.63) is 40.9 Å². The molecule has 0 bridgehead atoms. The van der Waals surface area contributed by atoms with Crippen molar-refractivity contribution in [1.29, 1.82) is 0 Å². The molecule has 1 atom stereocenters. The maximum absolute atomic E-state index is 12.1. The number of aromatic nitrogens is 3. The van der Waals surface area contributed by atoms with Gasteiger partial charge >= 0.3 is 0 Å². The number of rotatable bonds is 4. The summed E-state index contributed by atoms with van der Waals surface area (Å²) in [6.07, 6.45) is -0.647. The van der Waals surface area contributed by atoms with Crippen molar-refractivity contribution in [2.75, 3.05) is 6.54 Å². The summed E-state index contributed by atoms with van der Waals surface area (Å²) in [6.45, 7) is 7.63. The summed E-state index contributed by atoms with van der Waals surface area (Å²) in [5.74, 6) is 0.247. The Bertz CT molecular complexity index is 689. The number of amides is 1. The zero-order valence-electron chi connectivity index (χ0n) is 13.7. The largest absolute Gasteiger partial charge is 0.391 e. The summed E-state index contributed by atoms with van der Waals surface area (Å²) >= 11 is 5.87. The summed E-state index contributed by atoms with van der Waals surface area (Å²) in [5.41, 5.74) is 0.465. The first-order valence-corrected chi connectivity index (χ1v) is 7.72. The van der Waals surface area contributed by atoms with Gasteiger partial charge in [0.15, 0.2) is 0 Å². The van der Waals surface area contributed by atoms with Gasteiger partial charge in [-0.05, 0) is 36.6 Å². The molecule has 124 valence electrons. The van der Waals surface area contributed by atoms with Gasteiger partial charge in [0.1, 0.15) is 5.82 Å². The van der Waals surface area contributed by atoms with Crippen LogP contribution in [0.2, 0.25) is 5.02 Å². The standard InChI is InChI=1S/C16H21ClN4O2/c1-10-19-14(15(23)18-9-13(22)16(2,3)4)20-21(10)12-7-5-11(17)6-8-12/h5-8,13,22H,9H2,1-4H3,(H,18,23). The Kier molecular flexibility index (Phi) is 5.06. The van der Waals surface area contributed by atoms with Crippen LogP contribution in [0.15, 0.2) is 24.3 Å². The van der Waals surface area contributed by atoms with Crippen molar-refractivity contribution in [1.82, 2.24) is 20.1 Å². The third-order valence-corrected chi connectivity index (χ3v) is 3.75. The summed E-state index contributed by atoms with van der Waals surface area (Å²) in [7, 11) is 0. The molecule has 2 N–H and O–H groups in total. The minimum Gasteiger partial charge on any atom is -0.391 e. The lowest BCUT2D eigenvalue weighted by atomic mass is 9.89. The van der Waals surface area contributed by atoms with Crippen molar-refractivity contribution >= 4 is 17.5 Å². The second-order valence-corrected chi connectivity index (χ2v) is 6.90. The Labute approximate surface area is 140 Å². The highest BCUT2D eigenvalue weighted by Gasteiger charge is 2.23. The first-order chi connectivity index (χ1) is 10.7. The monoisotopic (exact) mass is 336 g/mol. The Morgan fingerprint density at radius 3 is 2.52 bits per heavy atom. The molecule has 0 saturated carbocycles. The van der Waals surface area contributed by atoms with Crippen molar-refractivity contribution < 1.29 is 9.90 Å². The van der Waals surface area contributed by atoms with Crippen molar-refractivity contribution in [2.45, 2.75) is 33.8 Å². The van der Waals surface area contributed by atoms with E-state index in [-0.39, 0.29) is 17.8 Å². The van der Waals surface area contributed by atoms with Gasteiger partial charge in [0.2, 0.25) is 5.82 Å².